The van der Waals surface area contributed by atoms with Gasteiger partial charge in [-0.05, 0) is 24.3 Å². The average molecular weight is 430 g/mol. The Morgan fingerprint density at radius 1 is 1.06 bits per heavy atom. The smallest absolute Gasteiger partial charge is 0.255 e. The first-order valence-corrected chi connectivity index (χ1v) is 11.1. The number of aromatic nitrogens is 2. The number of nitrogens with zero attached hydrogens (tertiary/aromatic N) is 2. The molecule has 2 aromatic heterocycles. The molecule has 156 valence electrons. The number of para-hydroxylation sites is 1. The molecule has 0 fully saturated rings. The van der Waals surface area contributed by atoms with Gasteiger partial charge in [-0.15, -0.1) is 11.3 Å². The predicted octanol–water partition coefficient (Wildman–Crippen LogP) is 4.73. The Morgan fingerprint density at radius 2 is 1.87 bits per heavy atom. The second kappa shape index (κ2) is 8.49. The number of thiophene rings is 1. The highest BCUT2D eigenvalue weighted by Crippen LogP contribution is 2.35. The maximum atomic E-state index is 12.8. The van der Waals surface area contributed by atoms with Crippen molar-refractivity contribution in [3.63, 3.8) is 0 Å². The fourth-order valence-corrected chi connectivity index (χ4v) is 5.11. The standard InChI is InChI=1S/C25H23N3O2S/c1-30-22-10-6-5-9-19(22)23-12-11-18(31-23)15-28-14-13-21-20(16-28)25(29)27-24(26-21)17-7-3-2-4-8-17/h2-12H,13-16H2,1H3,(H,26,27,29). The molecule has 5 rings (SSSR count). The summed E-state index contributed by atoms with van der Waals surface area (Å²) >= 11 is 1.77. The fourth-order valence-electron chi connectivity index (χ4n) is 4.02. The van der Waals surface area contributed by atoms with Crippen LogP contribution >= 0.6 is 11.3 Å². The lowest BCUT2D eigenvalue weighted by Crippen LogP contribution is -2.35. The molecule has 4 aromatic rings. The summed E-state index contributed by atoms with van der Waals surface area (Å²) in [6, 6.07) is 22.2. The summed E-state index contributed by atoms with van der Waals surface area (Å²) in [7, 11) is 1.70. The van der Waals surface area contributed by atoms with Crippen molar-refractivity contribution in [2.75, 3.05) is 13.7 Å². The van der Waals surface area contributed by atoms with Crippen molar-refractivity contribution in [1.82, 2.24) is 14.9 Å². The molecule has 6 heteroatoms. The molecule has 0 atom stereocenters. The zero-order valence-electron chi connectivity index (χ0n) is 17.3. The van der Waals surface area contributed by atoms with Crippen molar-refractivity contribution in [2.24, 2.45) is 0 Å². The molecule has 0 saturated heterocycles. The van der Waals surface area contributed by atoms with Crippen molar-refractivity contribution in [3.05, 3.63) is 93.2 Å². The van der Waals surface area contributed by atoms with E-state index < -0.39 is 0 Å². The minimum atomic E-state index is -0.0329. The molecule has 0 radical (unpaired) electrons. The van der Waals surface area contributed by atoms with Gasteiger partial charge in [-0.3, -0.25) is 9.69 Å². The van der Waals surface area contributed by atoms with E-state index >= 15 is 0 Å². The Balaban J connectivity index is 1.34. The van der Waals surface area contributed by atoms with E-state index in [1.807, 2.05) is 48.5 Å². The van der Waals surface area contributed by atoms with E-state index in [4.69, 9.17) is 9.72 Å². The summed E-state index contributed by atoms with van der Waals surface area (Å²) in [6.45, 7) is 2.33. The number of H-pyrrole nitrogens is 1. The van der Waals surface area contributed by atoms with Crippen molar-refractivity contribution in [3.8, 4) is 27.6 Å². The lowest BCUT2D eigenvalue weighted by molar-refractivity contribution is 0.244. The molecule has 3 heterocycles. The Hall–Kier alpha value is -3.22. The van der Waals surface area contributed by atoms with Gasteiger partial charge in [0.25, 0.3) is 5.56 Å². The van der Waals surface area contributed by atoms with Gasteiger partial charge in [0.05, 0.1) is 18.4 Å². The van der Waals surface area contributed by atoms with Crippen LogP contribution in [0.3, 0.4) is 0 Å². The van der Waals surface area contributed by atoms with Crippen molar-refractivity contribution < 1.29 is 4.74 Å². The SMILES string of the molecule is COc1ccccc1-c1ccc(CN2CCc3nc(-c4ccccc4)[nH]c(=O)c3C2)s1. The van der Waals surface area contributed by atoms with Gasteiger partial charge in [0.15, 0.2) is 0 Å². The predicted molar refractivity (Wildman–Crippen MR) is 124 cm³/mol. The maximum absolute atomic E-state index is 12.8. The molecule has 0 spiro atoms. The van der Waals surface area contributed by atoms with Crippen LogP contribution in [-0.4, -0.2) is 28.5 Å². The Kier molecular flexibility index (Phi) is 5.40. The third-order valence-electron chi connectivity index (χ3n) is 5.61. The molecule has 1 aliphatic rings. The van der Waals surface area contributed by atoms with Crippen molar-refractivity contribution >= 4 is 11.3 Å². The first kappa shape index (κ1) is 19.7. The Labute approximate surface area is 185 Å². The molecule has 0 aliphatic carbocycles. The summed E-state index contributed by atoms with van der Waals surface area (Å²) in [5.74, 6) is 1.53. The van der Waals surface area contributed by atoms with E-state index in [9.17, 15) is 4.79 Å². The molecule has 1 aliphatic heterocycles. The molecule has 0 bridgehead atoms. The number of methoxy groups -OCH3 is 1. The quantitative estimate of drug-likeness (QED) is 0.498. The molecular weight excluding hydrogens is 406 g/mol. The van der Waals surface area contributed by atoms with E-state index in [0.717, 1.165) is 47.6 Å². The Morgan fingerprint density at radius 3 is 2.71 bits per heavy atom. The lowest BCUT2D eigenvalue weighted by atomic mass is 10.1. The molecular formula is C25H23N3O2S. The lowest BCUT2D eigenvalue weighted by Gasteiger charge is -2.27. The second-order valence-electron chi connectivity index (χ2n) is 7.63. The van der Waals surface area contributed by atoms with Gasteiger partial charge in [-0.25, -0.2) is 4.98 Å². The number of nitrogens with one attached hydrogen (secondary N) is 1. The first-order chi connectivity index (χ1) is 15.2. The van der Waals surface area contributed by atoms with Crippen molar-refractivity contribution in [2.45, 2.75) is 19.5 Å². The van der Waals surface area contributed by atoms with Gasteiger partial charge in [-0.2, -0.15) is 0 Å². The minimum Gasteiger partial charge on any atom is -0.496 e. The first-order valence-electron chi connectivity index (χ1n) is 10.3. The van der Waals surface area contributed by atoms with Gasteiger partial charge < -0.3 is 9.72 Å². The zero-order chi connectivity index (χ0) is 21.2. The number of ether oxygens (including phenoxy) is 1. The zero-order valence-corrected chi connectivity index (χ0v) is 18.1. The highest BCUT2D eigenvalue weighted by molar-refractivity contribution is 7.15. The molecule has 0 amide bonds. The molecule has 0 saturated carbocycles. The monoisotopic (exact) mass is 429 g/mol. The number of aromatic amines is 1. The molecule has 5 nitrogen and oxygen atoms in total. The van der Waals surface area contributed by atoms with Gasteiger partial charge in [-0.1, -0.05) is 42.5 Å². The number of fused-ring (bicyclic) bond motifs is 1. The highest BCUT2D eigenvalue weighted by Gasteiger charge is 2.22. The third kappa shape index (κ3) is 4.04. The summed E-state index contributed by atoms with van der Waals surface area (Å²) in [5, 5.41) is 0. The molecule has 2 aromatic carbocycles. The van der Waals surface area contributed by atoms with Gasteiger partial charge in [0.1, 0.15) is 11.6 Å². The third-order valence-corrected chi connectivity index (χ3v) is 6.71. The Bertz CT molecular complexity index is 1260. The van der Waals surface area contributed by atoms with Gasteiger partial charge in [0.2, 0.25) is 0 Å². The van der Waals surface area contributed by atoms with E-state index in [1.54, 1.807) is 18.4 Å². The van der Waals surface area contributed by atoms with Gasteiger partial charge in [0, 0.05) is 46.9 Å². The topological polar surface area (TPSA) is 58.2 Å². The number of rotatable bonds is 5. The van der Waals surface area contributed by atoms with Crippen LogP contribution in [0.4, 0.5) is 0 Å². The van der Waals surface area contributed by atoms with Crippen LogP contribution in [0.5, 0.6) is 5.75 Å². The number of hydrogen-bond donors (Lipinski definition) is 1. The van der Waals surface area contributed by atoms with E-state index in [0.29, 0.717) is 12.4 Å². The van der Waals surface area contributed by atoms with Crippen LogP contribution in [0.25, 0.3) is 21.8 Å². The fraction of sp³-hybridized carbons (Fsp3) is 0.200. The summed E-state index contributed by atoms with van der Waals surface area (Å²) < 4.78 is 5.50. The van der Waals surface area contributed by atoms with E-state index in [2.05, 4.69) is 28.1 Å². The van der Waals surface area contributed by atoms with Crippen LogP contribution in [0.2, 0.25) is 0 Å². The van der Waals surface area contributed by atoms with Gasteiger partial charge >= 0.3 is 0 Å². The molecule has 1 N–H and O–H groups in total. The van der Waals surface area contributed by atoms with Crippen LogP contribution in [0, 0.1) is 0 Å². The van der Waals surface area contributed by atoms with E-state index in [-0.39, 0.29) is 5.56 Å². The van der Waals surface area contributed by atoms with Crippen LogP contribution in [-0.2, 0) is 19.5 Å². The molecule has 0 unspecified atom stereocenters. The summed E-state index contributed by atoms with van der Waals surface area (Å²) in [4.78, 5) is 25.3. The normalized spacial score (nSPS) is 13.7. The minimum absolute atomic E-state index is 0.0329. The number of benzene rings is 2. The highest BCUT2D eigenvalue weighted by atomic mass is 32.1. The van der Waals surface area contributed by atoms with Crippen LogP contribution < -0.4 is 10.3 Å². The summed E-state index contributed by atoms with van der Waals surface area (Å²) in [5.41, 5.74) is 3.72. The van der Waals surface area contributed by atoms with E-state index in [1.165, 1.54) is 9.75 Å². The molecule has 31 heavy (non-hydrogen) atoms. The van der Waals surface area contributed by atoms with Crippen molar-refractivity contribution in [1.29, 1.82) is 0 Å². The largest absolute Gasteiger partial charge is 0.496 e. The van der Waals surface area contributed by atoms with Crippen LogP contribution in [0.15, 0.2) is 71.5 Å². The second-order valence-corrected chi connectivity index (χ2v) is 8.80. The summed E-state index contributed by atoms with van der Waals surface area (Å²) in [6.07, 6.45) is 0.782. The average Bonchev–Trinajstić information content (AvgIpc) is 3.28. The number of hydrogen-bond acceptors (Lipinski definition) is 5. The maximum Gasteiger partial charge on any atom is 0.255 e. The van der Waals surface area contributed by atoms with Crippen LogP contribution in [0.1, 0.15) is 16.1 Å².